The van der Waals surface area contributed by atoms with Crippen LogP contribution in [-0.2, 0) is 10.0 Å². The number of rotatable bonds is 2. The smallest absolute Gasteiger partial charge is 0.206 e. The maximum Gasteiger partial charge on any atom is 0.252 e. The van der Waals surface area contributed by atoms with Gasteiger partial charge in [0, 0.05) is 18.8 Å². The molecule has 3 nitrogen and oxygen atoms in total. The Morgan fingerprint density at radius 1 is 1.25 bits per heavy atom. The molecule has 1 fully saturated rings. The zero-order valence-corrected chi connectivity index (χ0v) is 12.6. The number of nitrogens with zero attached hydrogens (tertiary/aromatic N) is 1. The van der Waals surface area contributed by atoms with Crippen molar-refractivity contribution in [3.05, 3.63) is 15.9 Å². The summed E-state index contributed by atoms with van der Waals surface area (Å²) < 4.78 is 27.4. The number of sulfonamides is 1. The molecule has 0 amide bonds. The molecule has 2 heterocycles. The van der Waals surface area contributed by atoms with Crippen molar-refractivity contribution in [1.82, 2.24) is 4.31 Å². The van der Waals surface area contributed by atoms with Crippen molar-refractivity contribution in [2.24, 2.45) is 0 Å². The lowest BCUT2D eigenvalue weighted by molar-refractivity contribution is 0.436. The van der Waals surface area contributed by atoms with Crippen LogP contribution in [0.4, 0.5) is 0 Å². The van der Waals surface area contributed by atoms with Crippen LogP contribution in [0, 0.1) is 0 Å². The molecule has 0 N–H and O–H groups in total. The molecule has 2 rings (SSSR count). The van der Waals surface area contributed by atoms with Crippen molar-refractivity contribution < 1.29 is 8.42 Å². The van der Waals surface area contributed by atoms with Gasteiger partial charge in [-0.05, 0) is 40.2 Å². The van der Waals surface area contributed by atoms with E-state index in [2.05, 4.69) is 15.9 Å². The minimum absolute atomic E-state index is 0.436. The Hall–Kier alpha value is 0.440. The van der Waals surface area contributed by atoms with Crippen LogP contribution >= 0.6 is 39.0 Å². The average molecular weight is 342 g/mol. The molecule has 90 valence electrons. The van der Waals surface area contributed by atoms with E-state index in [9.17, 15) is 8.42 Å². The zero-order chi connectivity index (χ0) is 11.6. The van der Waals surface area contributed by atoms with Gasteiger partial charge in [-0.3, -0.25) is 0 Å². The van der Waals surface area contributed by atoms with Crippen LogP contribution in [0.2, 0.25) is 0 Å². The van der Waals surface area contributed by atoms with E-state index in [1.165, 1.54) is 11.3 Å². The lowest BCUT2D eigenvalue weighted by Crippen LogP contribution is -2.32. The van der Waals surface area contributed by atoms with Gasteiger partial charge >= 0.3 is 0 Å². The standard InChI is InChI=1S/C9H12BrNO2S3/c10-8-2-3-9(15-8)16(12,13)11-4-1-6-14-7-5-11/h2-3H,1,4-7H2. The number of thioether (sulfide) groups is 1. The highest BCUT2D eigenvalue weighted by molar-refractivity contribution is 9.11. The fourth-order valence-electron chi connectivity index (χ4n) is 1.53. The van der Waals surface area contributed by atoms with E-state index in [0.717, 1.165) is 21.7 Å². The Kier molecular flexibility index (Phi) is 4.34. The monoisotopic (exact) mass is 341 g/mol. The Labute approximate surface area is 112 Å². The van der Waals surface area contributed by atoms with Gasteiger partial charge in [0.25, 0.3) is 10.0 Å². The maximum atomic E-state index is 12.3. The molecule has 0 aliphatic carbocycles. The number of thiophene rings is 1. The maximum absolute atomic E-state index is 12.3. The first-order valence-electron chi connectivity index (χ1n) is 4.94. The van der Waals surface area contributed by atoms with Crippen molar-refractivity contribution in [1.29, 1.82) is 0 Å². The number of halogens is 1. The summed E-state index contributed by atoms with van der Waals surface area (Å²) in [6.07, 6.45) is 0.941. The van der Waals surface area contributed by atoms with Gasteiger partial charge in [-0.25, -0.2) is 8.42 Å². The molecular formula is C9H12BrNO2S3. The summed E-state index contributed by atoms with van der Waals surface area (Å²) in [6.45, 7) is 1.27. The Morgan fingerprint density at radius 2 is 2.06 bits per heavy atom. The minimum Gasteiger partial charge on any atom is -0.206 e. The first-order valence-corrected chi connectivity index (χ1v) is 9.14. The van der Waals surface area contributed by atoms with E-state index in [4.69, 9.17) is 0 Å². The molecule has 0 radical (unpaired) electrons. The molecule has 0 aromatic carbocycles. The highest BCUT2D eigenvalue weighted by Gasteiger charge is 2.26. The van der Waals surface area contributed by atoms with Gasteiger partial charge < -0.3 is 0 Å². The third kappa shape index (κ3) is 2.81. The van der Waals surface area contributed by atoms with Gasteiger partial charge in [-0.1, -0.05) is 0 Å². The fourth-order valence-corrected chi connectivity index (χ4v) is 6.17. The molecule has 0 spiro atoms. The highest BCUT2D eigenvalue weighted by atomic mass is 79.9. The Bertz CT molecular complexity index is 449. The summed E-state index contributed by atoms with van der Waals surface area (Å²) >= 11 is 6.39. The van der Waals surface area contributed by atoms with Crippen LogP contribution in [0.25, 0.3) is 0 Å². The van der Waals surface area contributed by atoms with Gasteiger partial charge in [0.05, 0.1) is 3.79 Å². The van der Waals surface area contributed by atoms with Crippen LogP contribution in [0.1, 0.15) is 6.42 Å². The molecule has 0 saturated carbocycles. The molecule has 1 aromatic rings. The Balaban J connectivity index is 2.23. The van der Waals surface area contributed by atoms with Gasteiger partial charge in [0.2, 0.25) is 0 Å². The summed E-state index contributed by atoms with van der Waals surface area (Å²) in [5.74, 6) is 1.95. The predicted octanol–water partition coefficient (Wildman–Crippen LogP) is 2.64. The van der Waals surface area contributed by atoms with Gasteiger partial charge in [0.1, 0.15) is 4.21 Å². The van der Waals surface area contributed by atoms with E-state index in [-0.39, 0.29) is 0 Å². The third-order valence-corrected chi connectivity index (χ3v) is 7.36. The topological polar surface area (TPSA) is 37.4 Å². The van der Waals surface area contributed by atoms with Gasteiger partial charge in [-0.15, -0.1) is 11.3 Å². The van der Waals surface area contributed by atoms with Crippen LogP contribution in [0.5, 0.6) is 0 Å². The molecule has 16 heavy (non-hydrogen) atoms. The average Bonchev–Trinajstić information content (AvgIpc) is 2.54. The van der Waals surface area contributed by atoms with Gasteiger partial charge in [-0.2, -0.15) is 16.1 Å². The molecule has 7 heteroatoms. The van der Waals surface area contributed by atoms with Crippen molar-refractivity contribution >= 4 is 49.1 Å². The SMILES string of the molecule is O=S(=O)(c1ccc(Br)s1)N1CCCSCC1. The van der Waals surface area contributed by atoms with E-state index < -0.39 is 10.0 Å². The van der Waals surface area contributed by atoms with Crippen LogP contribution < -0.4 is 0 Å². The molecule has 1 aliphatic rings. The minimum atomic E-state index is -3.26. The van der Waals surface area contributed by atoms with Crippen molar-refractivity contribution in [2.45, 2.75) is 10.6 Å². The van der Waals surface area contributed by atoms with Crippen LogP contribution in [0.15, 0.2) is 20.1 Å². The molecular weight excluding hydrogens is 330 g/mol. The second-order valence-electron chi connectivity index (χ2n) is 3.43. The molecule has 1 aromatic heterocycles. The first-order chi connectivity index (χ1) is 7.60. The van der Waals surface area contributed by atoms with Crippen LogP contribution in [-0.4, -0.2) is 37.3 Å². The largest absolute Gasteiger partial charge is 0.252 e. The van der Waals surface area contributed by atoms with Crippen molar-refractivity contribution in [3.8, 4) is 0 Å². The first kappa shape index (κ1) is 12.9. The van der Waals surface area contributed by atoms with E-state index >= 15 is 0 Å². The molecule has 0 atom stereocenters. The summed E-state index contributed by atoms with van der Waals surface area (Å²) in [4.78, 5) is 0. The summed E-state index contributed by atoms with van der Waals surface area (Å²) in [5, 5.41) is 0. The molecule has 0 unspecified atom stereocenters. The number of hydrogen-bond donors (Lipinski definition) is 0. The summed E-state index contributed by atoms with van der Waals surface area (Å²) in [7, 11) is -3.26. The van der Waals surface area contributed by atoms with Crippen molar-refractivity contribution in [3.63, 3.8) is 0 Å². The van der Waals surface area contributed by atoms with E-state index in [1.807, 2.05) is 11.8 Å². The summed E-state index contributed by atoms with van der Waals surface area (Å²) in [6, 6.07) is 3.45. The third-order valence-electron chi connectivity index (χ3n) is 2.32. The predicted molar refractivity (Wildman–Crippen MR) is 72.7 cm³/mol. The normalized spacial score (nSPS) is 19.6. The lowest BCUT2D eigenvalue weighted by atomic mass is 10.5. The van der Waals surface area contributed by atoms with Crippen LogP contribution in [0.3, 0.4) is 0 Å². The summed E-state index contributed by atoms with van der Waals surface area (Å²) in [5.41, 5.74) is 0. The van der Waals surface area contributed by atoms with Crippen molar-refractivity contribution in [2.75, 3.05) is 24.6 Å². The highest BCUT2D eigenvalue weighted by Crippen LogP contribution is 2.29. The number of hydrogen-bond acceptors (Lipinski definition) is 4. The quantitative estimate of drug-likeness (QED) is 0.829. The second-order valence-corrected chi connectivity index (χ2v) is 9.28. The second kappa shape index (κ2) is 5.39. The van der Waals surface area contributed by atoms with E-state index in [0.29, 0.717) is 17.3 Å². The Morgan fingerprint density at radius 3 is 2.75 bits per heavy atom. The van der Waals surface area contributed by atoms with Gasteiger partial charge in [0.15, 0.2) is 0 Å². The van der Waals surface area contributed by atoms with E-state index in [1.54, 1.807) is 16.4 Å². The fraction of sp³-hybridized carbons (Fsp3) is 0.556. The lowest BCUT2D eigenvalue weighted by Gasteiger charge is -2.18. The zero-order valence-electron chi connectivity index (χ0n) is 8.56. The molecule has 1 saturated heterocycles. The molecule has 0 bridgehead atoms. The molecule has 1 aliphatic heterocycles.